The Hall–Kier alpha value is -2.07. The van der Waals surface area contributed by atoms with Crippen LogP contribution in [0, 0.1) is 0 Å². The number of para-hydroxylation sites is 1. The van der Waals surface area contributed by atoms with Gasteiger partial charge in [0.15, 0.2) is 0 Å². The predicted molar refractivity (Wildman–Crippen MR) is 81.5 cm³/mol. The largest absolute Gasteiger partial charge is 0.350 e. The number of rotatable bonds is 6. The summed E-state index contributed by atoms with van der Waals surface area (Å²) in [5, 5.41) is 4.86. The first-order chi connectivity index (χ1) is 9.84. The van der Waals surface area contributed by atoms with Crippen molar-refractivity contribution in [3.05, 3.63) is 54.2 Å². The molecule has 0 saturated carbocycles. The highest BCUT2D eigenvalue weighted by Crippen LogP contribution is 2.19. The zero-order valence-electron chi connectivity index (χ0n) is 11.8. The number of aryl methyl sites for hydroxylation is 2. The van der Waals surface area contributed by atoms with Gasteiger partial charge in [-0.15, -0.1) is 0 Å². The molecule has 0 fully saturated rings. The van der Waals surface area contributed by atoms with Crippen LogP contribution in [-0.2, 0) is 20.0 Å². The molecular formula is C16H20N4. The Bertz CT molecular complexity index is 667. The van der Waals surface area contributed by atoms with Crippen LogP contribution in [-0.4, -0.2) is 21.1 Å². The Morgan fingerprint density at radius 2 is 2.20 bits per heavy atom. The fraction of sp³-hybridized carbons (Fsp3) is 0.312. The lowest BCUT2D eigenvalue weighted by Gasteiger charge is -2.03. The molecule has 4 heteroatoms. The average Bonchev–Trinajstić information content (AvgIpc) is 3.08. The van der Waals surface area contributed by atoms with Gasteiger partial charge in [0.1, 0.15) is 5.82 Å². The van der Waals surface area contributed by atoms with Crippen LogP contribution in [0.1, 0.15) is 17.8 Å². The van der Waals surface area contributed by atoms with Crippen molar-refractivity contribution in [2.24, 2.45) is 7.05 Å². The maximum Gasteiger partial charge on any atom is 0.106 e. The molecule has 4 nitrogen and oxygen atoms in total. The second-order valence-electron chi connectivity index (χ2n) is 5.10. The average molecular weight is 268 g/mol. The molecule has 0 atom stereocenters. The normalized spacial score (nSPS) is 11.2. The van der Waals surface area contributed by atoms with Gasteiger partial charge in [-0.25, -0.2) is 4.98 Å². The van der Waals surface area contributed by atoms with Crippen LogP contribution in [0.5, 0.6) is 0 Å². The van der Waals surface area contributed by atoms with Gasteiger partial charge in [-0.3, -0.25) is 0 Å². The lowest BCUT2D eigenvalue weighted by atomic mass is 10.2. The van der Waals surface area contributed by atoms with E-state index in [4.69, 9.17) is 0 Å². The van der Waals surface area contributed by atoms with Gasteiger partial charge in [0.2, 0.25) is 0 Å². The van der Waals surface area contributed by atoms with Crippen LogP contribution in [0.2, 0.25) is 0 Å². The summed E-state index contributed by atoms with van der Waals surface area (Å²) in [6.07, 6.45) is 7.98. The number of H-pyrrole nitrogens is 1. The summed E-state index contributed by atoms with van der Waals surface area (Å²) >= 11 is 0. The molecule has 0 aliphatic rings. The van der Waals surface area contributed by atoms with E-state index in [-0.39, 0.29) is 0 Å². The third-order valence-corrected chi connectivity index (χ3v) is 3.62. The van der Waals surface area contributed by atoms with Crippen LogP contribution in [0.4, 0.5) is 0 Å². The minimum Gasteiger partial charge on any atom is -0.350 e. The van der Waals surface area contributed by atoms with Gasteiger partial charge in [0.05, 0.1) is 0 Å². The Morgan fingerprint density at radius 3 is 3.05 bits per heavy atom. The van der Waals surface area contributed by atoms with E-state index in [1.807, 2.05) is 6.20 Å². The fourth-order valence-electron chi connectivity index (χ4n) is 2.61. The number of aromatic amines is 1. The lowest BCUT2D eigenvalue weighted by molar-refractivity contribution is 0.642. The molecule has 0 aliphatic carbocycles. The molecule has 2 heterocycles. The fourth-order valence-corrected chi connectivity index (χ4v) is 2.61. The van der Waals surface area contributed by atoms with E-state index >= 15 is 0 Å². The molecule has 3 aromatic rings. The number of fused-ring (bicyclic) bond motifs is 1. The quantitative estimate of drug-likeness (QED) is 0.675. The Balaban J connectivity index is 1.52. The van der Waals surface area contributed by atoms with Crippen molar-refractivity contribution in [1.82, 2.24) is 19.9 Å². The number of nitrogens with one attached hydrogen (secondary N) is 2. The maximum absolute atomic E-state index is 4.23. The van der Waals surface area contributed by atoms with E-state index in [9.17, 15) is 0 Å². The first-order valence-electron chi connectivity index (χ1n) is 7.06. The zero-order valence-corrected chi connectivity index (χ0v) is 11.8. The van der Waals surface area contributed by atoms with E-state index in [1.165, 1.54) is 16.5 Å². The van der Waals surface area contributed by atoms with E-state index in [2.05, 4.69) is 57.4 Å². The van der Waals surface area contributed by atoms with Crippen molar-refractivity contribution < 1.29 is 0 Å². The SMILES string of the molecule is Cn1cc(CNCCCc2ncc[nH]2)c2ccccc21. The minimum absolute atomic E-state index is 0.916. The highest BCUT2D eigenvalue weighted by atomic mass is 14.9. The predicted octanol–water partition coefficient (Wildman–Crippen LogP) is 2.62. The molecule has 104 valence electrons. The summed E-state index contributed by atoms with van der Waals surface area (Å²) in [5.41, 5.74) is 2.65. The van der Waals surface area contributed by atoms with Gasteiger partial charge in [-0.05, 0) is 24.6 Å². The summed E-state index contributed by atoms with van der Waals surface area (Å²) in [7, 11) is 2.10. The third-order valence-electron chi connectivity index (χ3n) is 3.62. The summed E-state index contributed by atoms with van der Waals surface area (Å²) in [4.78, 5) is 7.36. The molecule has 2 N–H and O–H groups in total. The number of hydrogen-bond donors (Lipinski definition) is 2. The molecule has 1 aromatic carbocycles. The summed E-state index contributed by atoms with van der Waals surface area (Å²) in [6, 6.07) is 8.54. The van der Waals surface area contributed by atoms with Crippen LogP contribution in [0.25, 0.3) is 10.9 Å². The van der Waals surface area contributed by atoms with Gasteiger partial charge in [0, 0.05) is 49.5 Å². The van der Waals surface area contributed by atoms with Crippen molar-refractivity contribution in [3.63, 3.8) is 0 Å². The topological polar surface area (TPSA) is 45.6 Å². The molecule has 0 spiro atoms. The van der Waals surface area contributed by atoms with Gasteiger partial charge >= 0.3 is 0 Å². The van der Waals surface area contributed by atoms with Crippen LogP contribution < -0.4 is 5.32 Å². The summed E-state index contributed by atoms with van der Waals surface area (Å²) in [5.74, 6) is 1.07. The third kappa shape index (κ3) is 2.75. The van der Waals surface area contributed by atoms with Crippen molar-refractivity contribution in [1.29, 1.82) is 0 Å². The molecular weight excluding hydrogens is 248 g/mol. The van der Waals surface area contributed by atoms with Gasteiger partial charge < -0.3 is 14.9 Å². The number of nitrogens with zero attached hydrogens (tertiary/aromatic N) is 2. The lowest BCUT2D eigenvalue weighted by Crippen LogP contribution is -2.15. The van der Waals surface area contributed by atoms with Crippen LogP contribution in [0.3, 0.4) is 0 Å². The molecule has 0 unspecified atom stereocenters. The summed E-state index contributed by atoms with van der Waals surface area (Å²) < 4.78 is 2.19. The van der Waals surface area contributed by atoms with Crippen molar-refractivity contribution >= 4 is 10.9 Å². The van der Waals surface area contributed by atoms with Gasteiger partial charge in [0.25, 0.3) is 0 Å². The van der Waals surface area contributed by atoms with E-state index in [1.54, 1.807) is 6.20 Å². The van der Waals surface area contributed by atoms with E-state index in [0.29, 0.717) is 0 Å². The molecule has 20 heavy (non-hydrogen) atoms. The van der Waals surface area contributed by atoms with Gasteiger partial charge in [-0.1, -0.05) is 18.2 Å². The second kappa shape index (κ2) is 5.92. The van der Waals surface area contributed by atoms with Crippen molar-refractivity contribution in [2.45, 2.75) is 19.4 Å². The molecule has 3 rings (SSSR count). The number of imidazole rings is 1. The van der Waals surface area contributed by atoms with Gasteiger partial charge in [-0.2, -0.15) is 0 Å². The standard InChI is InChI=1S/C16H20N4/c1-20-12-13(14-5-2-3-6-15(14)20)11-17-8-4-7-16-18-9-10-19-16/h2-3,5-6,9-10,12,17H,4,7-8,11H2,1H3,(H,18,19). The van der Waals surface area contributed by atoms with E-state index in [0.717, 1.165) is 31.8 Å². The Morgan fingerprint density at radius 1 is 1.30 bits per heavy atom. The van der Waals surface area contributed by atoms with Crippen molar-refractivity contribution in [3.8, 4) is 0 Å². The van der Waals surface area contributed by atoms with Crippen molar-refractivity contribution in [2.75, 3.05) is 6.54 Å². The molecule has 0 bridgehead atoms. The monoisotopic (exact) mass is 268 g/mol. The molecule has 0 radical (unpaired) electrons. The molecule has 2 aromatic heterocycles. The smallest absolute Gasteiger partial charge is 0.106 e. The first-order valence-corrected chi connectivity index (χ1v) is 7.06. The number of benzene rings is 1. The van der Waals surface area contributed by atoms with Crippen LogP contribution in [0.15, 0.2) is 42.9 Å². The first kappa shape index (κ1) is 12.9. The molecule has 0 aliphatic heterocycles. The minimum atomic E-state index is 0.916. The summed E-state index contributed by atoms with van der Waals surface area (Å²) in [6.45, 7) is 1.92. The Kier molecular flexibility index (Phi) is 3.83. The highest BCUT2D eigenvalue weighted by Gasteiger charge is 2.04. The number of hydrogen-bond acceptors (Lipinski definition) is 2. The zero-order chi connectivity index (χ0) is 13.8. The second-order valence-corrected chi connectivity index (χ2v) is 5.10. The number of aromatic nitrogens is 3. The molecule has 0 amide bonds. The Labute approximate surface area is 118 Å². The van der Waals surface area contributed by atoms with E-state index < -0.39 is 0 Å². The van der Waals surface area contributed by atoms with Crippen LogP contribution >= 0.6 is 0 Å². The maximum atomic E-state index is 4.23. The highest BCUT2D eigenvalue weighted by molar-refractivity contribution is 5.83. The molecule has 0 saturated heterocycles.